The Kier molecular flexibility index (Phi) is 4.24. The van der Waals surface area contributed by atoms with Crippen LogP contribution >= 0.6 is 0 Å². The predicted octanol–water partition coefficient (Wildman–Crippen LogP) is 0.873. The number of carbonyl (C=O) groups excluding carboxylic acids is 1. The number of amides is 1. The number of nitrogens with two attached hydrogens (primary N) is 1. The van der Waals surface area contributed by atoms with Crippen molar-refractivity contribution in [2.45, 2.75) is 19.4 Å². The molecule has 6 heteroatoms. The van der Waals surface area contributed by atoms with Crippen LogP contribution in [-0.2, 0) is 0 Å². The molecule has 0 radical (unpaired) electrons. The van der Waals surface area contributed by atoms with Crippen LogP contribution in [0.2, 0.25) is 0 Å². The van der Waals surface area contributed by atoms with Gasteiger partial charge in [0.25, 0.3) is 5.91 Å². The summed E-state index contributed by atoms with van der Waals surface area (Å²) in [4.78, 5) is 17.4. The Morgan fingerprint density at radius 3 is 2.72 bits per heavy atom. The van der Waals surface area contributed by atoms with Crippen LogP contribution in [0.25, 0.3) is 0 Å². The van der Waals surface area contributed by atoms with E-state index in [-0.39, 0.29) is 16.9 Å². The second-order valence-electron chi connectivity index (χ2n) is 4.95. The Bertz CT molecular complexity index is 446. The Balaban J connectivity index is 2.75. The van der Waals surface area contributed by atoms with Gasteiger partial charge in [-0.3, -0.25) is 4.79 Å². The molecule has 1 heterocycles. The highest BCUT2D eigenvalue weighted by Gasteiger charge is 2.22. The lowest BCUT2D eigenvalue weighted by molar-refractivity contribution is 0.0915. The number of hydrogen-bond acceptors (Lipinski definition) is 4. The molecule has 5 nitrogen and oxygen atoms in total. The maximum Gasteiger partial charge on any atom is 0.254 e. The van der Waals surface area contributed by atoms with Gasteiger partial charge in [-0.25, -0.2) is 9.37 Å². The van der Waals surface area contributed by atoms with Crippen molar-refractivity contribution in [3.8, 4) is 0 Å². The summed E-state index contributed by atoms with van der Waals surface area (Å²) >= 11 is 0. The summed E-state index contributed by atoms with van der Waals surface area (Å²) in [6, 6.07) is 1.31. The normalized spacial score (nSPS) is 11.7. The smallest absolute Gasteiger partial charge is 0.254 e. The zero-order valence-electron chi connectivity index (χ0n) is 11.1. The third-order valence-electron chi connectivity index (χ3n) is 3.05. The number of rotatable bonds is 4. The quantitative estimate of drug-likeness (QED) is 0.836. The van der Waals surface area contributed by atoms with Crippen LogP contribution in [0.1, 0.15) is 24.2 Å². The number of aromatic nitrogens is 1. The fourth-order valence-electron chi connectivity index (χ4n) is 1.19. The van der Waals surface area contributed by atoms with Gasteiger partial charge in [0, 0.05) is 18.3 Å². The molecule has 0 aliphatic carbocycles. The molecule has 0 fully saturated rings. The van der Waals surface area contributed by atoms with Crippen LogP contribution in [0, 0.1) is 5.82 Å². The van der Waals surface area contributed by atoms with E-state index in [2.05, 4.69) is 10.3 Å². The van der Waals surface area contributed by atoms with Crippen LogP contribution in [0.4, 0.5) is 10.2 Å². The number of hydrogen-bond donors (Lipinski definition) is 2. The van der Waals surface area contributed by atoms with Gasteiger partial charge in [0.1, 0.15) is 0 Å². The number of anilines is 1. The first-order valence-corrected chi connectivity index (χ1v) is 5.61. The maximum atomic E-state index is 13.6. The lowest BCUT2D eigenvalue weighted by Crippen LogP contribution is -2.48. The number of nitrogen functional groups attached to an aromatic ring is 1. The second kappa shape index (κ2) is 5.30. The van der Waals surface area contributed by atoms with Gasteiger partial charge in [-0.05, 0) is 34.0 Å². The first-order valence-electron chi connectivity index (χ1n) is 5.61. The summed E-state index contributed by atoms with van der Waals surface area (Å²) < 4.78 is 13.6. The first-order chi connectivity index (χ1) is 8.25. The van der Waals surface area contributed by atoms with Crippen molar-refractivity contribution in [2.75, 3.05) is 26.4 Å². The summed E-state index contributed by atoms with van der Waals surface area (Å²) in [5, 5.41) is 2.68. The van der Waals surface area contributed by atoms with E-state index >= 15 is 0 Å². The molecule has 1 aromatic rings. The number of nitrogens with one attached hydrogen (secondary N) is 1. The third kappa shape index (κ3) is 3.16. The standard InChI is InChI=1S/C12H19FN4O/c1-12(2,17(3)4)7-16-11(18)8-5-6-15-10(14)9(8)13/h5-6H,7H2,1-4H3,(H2,14,15)(H,16,18). The molecule has 100 valence electrons. The van der Waals surface area contributed by atoms with Crippen molar-refractivity contribution < 1.29 is 9.18 Å². The lowest BCUT2D eigenvalue weighted by Gasteiger charge is -2.32. The summed E-state index contributed by atoms with van der Waals surface area (Å²) in [6.45, 7) is 4.36. The highest BCUT2D eigenvalue weighted by atomic mass is 19.1. The predicted molar refractivity (Wildman–Crippen MR) is 68.7 cm³/mol. The number of pyridine rings is 1. The van der Waals surface area contributed by atoms with Gasteiger partial charge in [-0.15, -0.1) is 0 Å². The molecule has 0 spiro atoms. The zero-order chi connectivity index (χ0) is 13.9. The average molecular weight is 254 g/mol. The molecule has 0 bridgehead atoms. The Hall–Kier alpha value is -1.69. The summed E-state index contributed by atoms with van der Waals surface area (Å²) in [6.07, 6.45) is 1.31. The van der Waals surface area contributed by atoms with Gasteiger partial charge < -0.3 is 16.0 Å². The molecule has 1 aromatic heterocycles. The van der Waals surface area contributed by atoms with Crippen molar-refractivity contribution in [1.82, 2.24) is 15.2 Å². The molecule has 18 heavy (non-hydrogen) atoms. The minimum absolute atomic E-state index is 0.0861. The highest BCUT2D eigenvalue weighted by molar-refractivity contribution is 5.95. The van der Waals surface area contributed by atoms with Crippen molar-refractivity contribution >= 4 is 11.7 Å². The van der Waals surface area contributed by atoms with Gasteiger partial charge in [-0.2, -0.15) is 0 Å². The molecular formula is C12H19FN4O. The van der Waals surface area contributed by atoms with Gasteiger partial charge >= 0.3 is 0 Å². The molecule has 0 aliphatic rings. The van der Waals surface area contributed by atoms with E-state index in [0.717, 1.165) is 0 Å². The van der Waals surface area contributed by atoms with E-state index in [1.807, 2.05) is 32.8 Å². The molecule has 0 unspecified atom stereocenters. The molecule has 0 atom stereocenters. The van der Waals surface area contributed by atoms with Gasteiger partial charge in [0.05, 0.1) is 5.56 Å². The lowest BCUT2D eigenvalue weighted by atomic mass is 10.0. The minimum atomic E-state index is -0.780. The highest BCUT2D eigenvalue weighted by Crippen LogP contribution is 2.13. The Labute approximate surface area is 106 Å². The van der Waals surface area contributed by atoms with Crippen molar-refractivity contribution in [1.29, 1.82) is 0 Å². The number of carbonyl (C=O) groups is 1. The van der Waals surface area contributed by atoms with E-state index in [9.17, 15) is 9.18 Å². The van der Waals surface area contributed by atoms with Crippen LogP contribution in [0.3, 0.4) is 0 Å². The van der Waals surface area contributed by atoms with E-state index in [4.69, 9.17) is 5.73 Å². The zero-order valence-corrected chi connectivity index (χ0v) is 11.1. The molecular weight excluding hydrogens is 235 g/mol. The molecule has 1 rings (SSSR count). The van der Waals surface area contributed by atoms with Crippen molar-refractivity contribution in [2.24, 2.45) is 0 Å². The third-order valence-corrected chi connectivity index (χ3v) is 3.05. The average Bonchev–Trinajstić information content (AvgIpc) is 2.29. The number of nitrogens with zero attached hydrogens (tertiary/aromatic N) is 2. The molecule has 0 aliphatic heterocycles. The molecule has 1 amide bonds. The van der Waals surface area contributed by atoms with Crippen molar-refractivity contribution in [3.63, 3.8) is 0 Å². The summed E-state index contributed by atoms with van der Waals surface area (Å²) in [5.74, 6) is -1.54. The Morgan fingerprint density at radius 2 is 2.17 bits per heavy atom. The summed E-state index contributed by atoms with van der Waals surface area (Å²) in [7, 11) is 3.83. The summed E-state index contributed by atoms with van der Waals surface area (Å²) in [5.41, 5.74) is 5.01. The monoisotopic (exact) mass is 254 g/mol. The number of halogens is 1. The second-order valence-corrected chi connectivity index (χ2v) is 4.95. The molecule has 0 aromatic carbocycles. The van der Waals surface area contributed by atoms with E-state index in [0.29, 0.717) is 6.54 Å². The van der Waals surface area contributed by atoms with E-state index in [1.165, 1.54) is 12.3 Å². The first kappa shape index (κ1) is 14.4. The largest absolute Gasteiger partial charge is 0.381 e. The van der Waals surface area contributed by atoms with Crippen LogP contribution in [-0.4, -0.2) is 42.0 Å². The number of likely N-dealkylation sites (N-methyl/N-ethyl adjacent to an activating group) is 1. The molecule has 0 saturated carbocycles. The molecule has 3 N–H and O–H groups in total. The minimum Gasteiger partial charge on any atom is -0.381 e. The SMILES string of the molecule is CN(C)C(C)(C)CNC(=O)c1ccnc(N)c1F. The van der Waals surface area contributed by atoms with Crippen LogP contribution < -0.4 is 11.1 Å². The maximum absolute atomic E-state index is 13.6. The fourth-order valence-corrected chi connectivity index (χ4v) is 1.19. The van der Waals surface area contributed by atoms with E-state index in [1.54, 1.807) is 0 Å². The fraction of sp³-hybridized carbons (Fsp3) is 0.500. The topological polar surface area (TPSA) is 71.2 Å². The van der Waals surface area contributed by atoms with Crippen LogP contribution in [0.5, 0.6) is 0 Å². The van der Waals surface area contributed by atoms with E-state index < -0.39 is 11.7 Å². The molecule has 0 saturated heterocycles. The van der Waals surface area contributed by atoms with Gasteiger partial charge in [0.2, 0.25) is 0 Å². The van der Waals surface area contributed by atoms with Crippen LogP contribution in [0.15, 0.2) is 12.3 Å². The van der Waals surface area contributed by atoms with Gasteiger partial charge in [-0.1, -0.05) is 0 Å². The Morgan fingerprint density at radius 1 is 1.56 bits per heavy atom. The van der Waals surface area contributed by atoms with Crippen molar-refractivity contribution in [3.05, 3.63) is 23.6 Å². The van der Waals surface area contributed by atoms with Gasteiger partial charge in [0.15, 0.2) is 11.6 Å².